The van der Waals surface area contributed by atoms with Crippen LogP contribution in [0.2, 0.25) is 0 Å². The molecule has 4 aromatic rings. The van der Waals surface area contributed by atoms with E-state index in [1.165, 1.54) is 22.5 Å². The minimum atomic E-state index is -3.50. The smallest absolute Gasteiger partial charge is 0.229 e. The zero-order chi connectivity index (χ0) is 29.3. The lowest BCUT2D eigenvalue weighted by Crippen LogP contribution is -2.29. The number of aromatic nitrogens is 2. The third-order valence-corrected chi connectivity index (χ3v) is 10.6. The molecule has 1 saturated heterocycles. The molecule has 2 aromatic heterocycles. The molecule has 0 spiro atoms. The topological polar surface area (TPSA) is 96.5 Å². The highest BCUT2D eigenvalue weighted by Gasteiger charge is 2.24. The monoisotopic (exact) mass is 593 g/mol. The molecule has 1 fully saturated rings. The Kier molecular flexibility index (Phi) is 8.54. The number of nitrogens with zero attached hydrogens (tertiary/aromatic N) is 3. The van der Waals surface area contributed by atoms with E-state index in [0.29, 0.717) is 23.4 Å². The summed E-state index contributed by atoms with van der Waals surface area (Å²) in [4.78, 5) is 12.2. The van der Waals surface area contributed by atoms with Gasteiger partial charge >= 0.3 is 0 Å². The molecule has 3 heterocycles. The number of piperidine rings is 1. The first kappa shape index (κ1) is 29.3. The number of hydrogen-bond acceptors (Lipinski definition) is 9. The minimum Gasteiger partial charge on any atom is -0.489 e. The van der Waals surface area contributed by atoms with Gasteiger partial charge in [0.25, 0.3) is 0 Å². The summed E-state index contributed by atoms with van der Waals surface area (Å²) in [6, 6.07) is 13.2. The van der Waals surface area contributed by atoms with E-state index in [1.54, 1.807) is 32.0 Å². The number of hydrogen-bond donors (Lipinski definition) is 2. The Balaban J connectivity index is 1.52. The number of fused-ring (bicyclic) bond motifs is 1. The molecule has 0 unspecified atom stereocenters. The summed E-state index contributed by atoms with van der Waals surface area (Å²) >= 11 is 1.51. The molecule has 218 valence electrons. The molecule has 5 rings (SSSR count). The predicted molar refractivity (Wildman–Crippen MR) is 169 cm³/mol. The highest BCUT2D eigenvalue weighted by atomic mass is 32.2. The largest absolute Gasteiger partial charge is 0.489 e. The van der Waals surface area contributed by atoms with E-state index in [2.05, 4.69) is 41.6 Å². The number of anilines is 4. The van der Waals surface area contributed by atoms with Gasteiger partial charge in [0.2, 0.25) is 5.95 Å². The van der Waals surface area contributed by atoms with Gasteiger partial charge in [-0.3, -0.25) is 0 Å². The van der Waals surface area contributed by atoms with Gasteiger partial charge in [0, 0.05) is 0 Å². The van der Waals surface area contributed by atoms with E-state index in [0.717, 1.165) is 47.6 Å². The third kappa shape index (κ3) is 6.34. The summed E-state index contributed by atoms with van der Waals surface area (Å²) in [5, 5.41) is 8.14. The van der Waals surface area contributed by atoms with E-state index in [1.807, 2.05) is 31.4 Å². The highest BCUT2D eigenvalue weighted by Crippen LogP contribution is 2.39. The predicted octanol–water partition coefficient (Wildman–Crippen LogP) is 7.27. The van der Waals surface area contributed by atoms with Gasteiger partial charge in [-0.25, -0.2) is 13.4 Å². The van der Waals surface area contributed by atoms with Crippen molar-refractivity contribution in [1.29, 1.82) is 0 Å². The molecule has 2 aromatic carbocycles. The van der Waals surface area contributed by atoms with Crippen molar-refractivity contribution in [2.75, 3.05) is 30.8 Å². The van der Waals surface area contributed by atoms with Gasteiger partial charge in [-0.05, 0) is 120 Å². The Morgan fingerprint density at radius 1 is 1.00 bits per heavy atom. The number of thiophene rings is 1. The summed E-state index contributed by atoms with van der Waals surface area (Å²) in [6.45, 7) is 11.8. The van der Waals surface area contributed by atoms with Crippen molar-refractivity contribution in [2.45, 2.75) is 69.6 Å². The number of likely N-dealkylation sites (tertiary alicyclic amines) is 1. The zero-order valence-electron chi connectivity index (χ0n) is 24.6. The fourth-order valence-corrected chi connectivity index (χ4v) is 7.21. The molecular formula is C31H39N5O3S2. The van der Waals surface area contributed by atoms with Crippen molar-refractivity contribution in [2.24, 2.45) is 0 Å². The number of nitrogens with one attached hydrogen (secondary N) is 2. The average molecular weight is 594 g/mol. The molecule has 1 aliphatic heterocycles. The lowest BCUT2D eigenvalue weighted by molar-refractivity contribution is 0.241. The molecule has 0 aliphatic carbocycles. The van der Waals surface area contributed by atoms with Crippen LogP contribution >= 0.6 is 11.3 Å². The molecule has 2 N–H and O–H groups in total. The second-order valence-corrected chi connectivity index (χ2v) is 14.7. The molecule has 8 nitrogen and oxygen atoms in total. The van der Waals surface area contributed by atoms with E-state index in [-0.39, 0.29) is 11.0 Å². The van der Waals surface area contributed by atoms with Crippen LogP contribution in [0.25, 0.3) is 10.2 Å². The molecule has 41 heavy (non-hydrogen) atoms. The molecule has 0 atom stereocenters. The number of sulfone groups is 1. The van der Waals surface area contributed by atoms with Crippen LogP contribution in [0, 0.1) is 6.92 Å². The van der Waals surface area contributed by atoms with Crippen LogP contribution < -0.4 is 15.4 Å². The van der Waals surface area contributed by atoms with E-state index in [9.17, 15) is 8.42 Å². The first-order valence-corrected chi connectivity index (χ1v) is 16.6. The number of rotatable bonds is 9. The number of ether oxygens (including phenoxy) is 1. The Morgan fingerprint density at radius 3 is 2.44 bits per heavy atom. The fourth-order valence-electron chi connectivity index (χ4n) is 5.24. The molecule has 0 saturated carbocycles. The van der Waals surface area contributed by atoms with Crippen molar-refractivity contribution < 1.29 is 13.2 Å². The van der Waals surface area contributed by atoms with Gasteiger partial charge in [-0.2, -0.15) is 4.98 Å². The van der Waals surface area contributed by atoms with Crippen molar-refractivity contribution in [3.05, 3.63) is 59.0 Å². The van der Waals surface area contributed by atoms with Gasteiger partial charge < -0.3 is 20.3 Å². The lowest BCUT2D eigenvalue weighted by atomic mass is 9.86. The van der Waals surface area contributed by atoms with Crippen LogP contribution in [-0.4, -0.2) is 54.8 Å². The van der Waals surface area contributed by atoms with Crippen molar-refractivity contribution >= 4 is 54.5 Å². The van der Waals surface area contributed by atoms with Gasteiger partial charge in [0.15, 0.2) is 15.7 Å². The maximum Gasteiger partial charge on any atom is 0.229 e. The number of aryl methyl sites for hydroxylation is 1. The fraction of sp³-hybridized carbons (Fsp3) is 0.419. The first-order valence-electron chi connectivity index (χ1n) is 14.1. The van der Waals surface area contributed by atoms with Gasteiger partial charge in [0.05, 0.1) is 37.8 Å². The first-order chi connectivity index (χ1) is 19.5. The Labute approximate surface area is 247 Å². The van der Waals surface area contributed by atoms with Crippen molar-refractivity contribution in [1.82, 2.24) is 14.9 Å². The SMILES string of the molecule is Cc1cc(Nc2nc(Nc3ccccc3S(=O)(=O)C(C)C)c3sccc3n2)c(OC(C)C)cc1C1CCN(C)CC1. The Morgan fingerprint density at radius 2 is 1.73 bits per heavy atom. The van der Waals surface area contributed by atoms with E-state index < -0.39 is 15.1 Å². The maximum absolute atomic E-state index is 13.1. The summed E-state index contributed by atoms with van der Waals surface area (Å²) < 4.78 is 33.3. The van der Waals surface area contributed by atoms with Crippen molar-refractivity contribution in [3.8, 4) is 5.75 Å². The summed E-state index contributed by atoms with van der Waals surface area (Å²) in [5.41, 5.74) is 4.60. The van der Waals surface area contributed by atoms with Crippen LogP contribution in [-0.2, 0) is 9.84 Å². The summed E-state index contributed by atoms with van der Waals surface area (Å²) in [7, 11) is -1.32. The maximum atomic E-state index is 13.1. The Bertz CT molecular complexity index is 1640. The van der Waals surface area contributed by atoms with Crippen LogP contribution in [0.3, 0.4) is 0 Å². The quantitative estimate of drug-likeness (QED) is 0.209. The number of benzene rings is 2. The third-order valence-electron chi connectivity index (χ3n) is 7.51. The van der Waals surface area contributed by atoms with Crippen LogP contribution in [0.4, 0.5) is 23.1 Å². The normalized spacial score (nSPS) is 15.1. The molecule has 1 aliphatic rings. The highest BCUT2D eigenvalue weighted by molar-refractivity contribution is 7.92. The van der Waals surface area contributed by atoms with Crippen LogP contribution in [0.1, 0.15) is 57.6 Å². The second kappa shape index (κ2) is 12.0. The van der Waals surface area contributed by atoms with Crippen LogP contribution in [0.15, 0.2) is 52.7 Å². The van der Waals surface area contributed by atoms with E-state index >= 15 is 0 Å². The standard InChI is InChI=1S/C31H39N5O3S2/c1-19(2)39-27-18-23(22-11-14-36(6)15-12-22)21(5)17-26(27)34-31-33-25-13-16-40-29(25)30(35-31)32-24-9-7-8-10-28(24)41(37,38)20(3)4/h7-10,13,16-20,22H,11-12,14-15H2,1-6H3,(H2,32,33,34,35). The molecular weight excluding hydrogens is 555 g/mol. The molecule has 0 amide bonds. The average Bonchev–Trinajstić information content (AvgIpc) is 3.40. The zero-order valence-corrected chi connectivity index (χ0v) is 26.2. The second-order valence-electron chi connectivity index (χ2n) is 11.3. The number of para-hydroxylation sites is 1. The molecule has 0 radical (unpaired) electrons. The summed E-state index contributed by atoms with van der Waals surface area (Å²) in [5.74, 6) is 2.23. The van der Waals surface area contributed by atoms with Crippen molar-refractivity contribution in [3.63, 3.8) is 0 Å². The van der Waals surface area contributed by atoms with Gasteiger partial charge in [-0.1, -0.05) is 12.1 Å². The Hall–Kier alpha value is -3.21. The summed E-state index contributed by atoms with van der Waals surface area (Å²) in [6.07, 6.45) is 2.26. The molecule has 0 bridgehead atoms. The molecule has 10 heteroatoms. The van der Waals surface area contributed by atoms with Crippen LogP contribution in [0.5, 0.6) is 5.75 Å². The minimum absolute atomic E-state index is 0.000466. The van der Waals surface area contributed by atoms with E-state index in [4.69, 9.17) is 14.7 Å². The van der Waals surface area contributed by atoms with Gasteiger partial charge in [0.1, 0.15) is 5.75 Å². The van der Waals surface area contributed by atoms with Gasteiger partial charge in [-0.15, -0.1) is 11.3 Å². The lowest BCUT2D eigenvalue weighted by Gasteiger charge is -2.30.